The van der Waals surface area contributed by atoms with E-state index in [4.69, 9.17) is 17.3 Å². The molecule has 2 nitrogen and oxygen atoms in total. The Bertz CT molecular complexity index is 739. The maximum absolute atomic E-state index is 6.03. The van der Waals surface area contributed by atoms with Crippen LogP contribution in [0.15, 0.2) is 40.9 Å². The van der Waals surface area contributed by atoms with Crippen molar-refractivity contribution in [2.75, 3.05) is 5.73 Å². The molecule has 0 fully saturated rings. The molecular weight excluding hydrogens is 332 g/mol. The van der Waals surface area contributed by atoms with Crippen molar-refractivity contribution >= 4 is 54.8 Å². The Balaban J connectivity index is 2.22. The van der Waals surface area contributed by atoms with Crippen molar-refractivity contribution in [3.63, 3.8) is 0 Å². The first-order valence-electron chi connectivity index (χ1n) is 5.25. The van der Waals surface area contributed by atoms with E-state index >= 15 is 0 Å². The molecule has 0 aliphatic carbocycles. The molecule has 3 aromatic rings. The molecule has 0 radical (unpaired) electrons. The number of hydrogen-bond acceptors (Lipinski definition) is 3. The molecule has 0 amide bonds. The SMILES string of the molecule is Nc1ccc2nc(-c3cc(Cl)ccc3Br)sc2c1. The van der Waals surface area contributed by atoms with E-state index in [9.17, 15) is 0 Å². The number of thiazole rings is 1. The monoisotopic (exact) mass is 338 g/mol. The van der Waals surface area contributed by atoms with Gasteiger partial charge in [-0.25, -0.2) is 4.98 Å². The van der Waals surface area contributed by atoms with E-state index in [2.05, 4.69) is 20.9 Å². The van der Waals surface area contributed by atoms with Crippen molar-refractivity contribution in [1.29, 1.82) is 0 Å². The number of anilines is 1. The summed E-state index contributed by atoms with van der Waals surface area (Å²) in [6.45, 7) is 0. The van der Waals surface area contributed by atoms with Gasteiger partial charge in [-0.2, -0.15) is 0 Å². The van der Waals surface area contributed by atoms with Crippen molar-refractivity contribution in [1.82, 2.24) is 4.98 Å². The highest BCUT2D eigenvalue weighted by molar-refractivity contribution is 9.10. The van der Waals surface area contributed by atoms with Crippen LogP contribution in [0.5, 0.6) is 0 Å². The highest BCUT2D eigenvalue weighted by atomic mass is 79.9. The van der Waals surface area contributed by atoms with Crippen LogP contribution in [0.1, 0.15) is 0 Å². The lowest BCUT2D eigenvalue weighted by atomic mass is 10.2. The number of benzene rings is 2. The third kappa shape index (κ3) is 2.11. The quantitative estimate of drug-likeness (QED) is 0.636. The summed E-state index contributed by atoms with van der Waals surface area (Å²) in [7, 11) is 0. The number of aromatic nitrogens is 1. The molecule has 0 spiro atoms. The molecule has 2 aromatic carbocycles. The van der Waals surface area contributed by atoms with Gasteiger partial charge in [-0.3, -0.25) is 0 Å². The zero-order chi connectivity index (χ0) is 12.7. The Morgan fingerprint density at radius 3 is 2.83 bits per heavy atom. The third-order valence-electron chi connectivity index (χ3n) is 2.57. The predicted molar refractivity (Wildman–Crippen MR) is 82.2 cm³/mol. The van der Waals surface area contributed by atoms with Crippen LogP contribution in [0.25, 0.3) is 20.8 Å². The van der Waals surface area contributed by atoms with Gasteiger partial charge in [0, 0.05) is 20.7 Å². The van der Waals surface area contributed by atoms with Crippen LogP contribution in [0.4, 0.5) is 5.69 Å². The maximum Gasteiger partial charge on any atom is 0.125 e. The van der Waals surface area contributed by atoms with Gasteiger partial charge in [0.1, 0.15) is 5.01 Å². The molecule has 2 N–H and O–H groups in total. The molecule has 0 atom stereocenters. The van der Waals surface area contributed by atoms with Crippen LogP contribution in [-0.4, -0.2) is 4.98 Å². The zero-order valence-corrected chi connectivity index (χ0v) is 12.3. The van der Waals surface area contributed by atoms with E-state index in [1.807, 2.05) is 36.4 Å². The second kappa shape index (κ2) is 4.53. The topological polar surface area (TPSA) is 38.9 Å². The first kappa shape index (κ1) is 12.0. The Morgan fingerprint density at radius 2 is 2.00 bits per heavy atom. The average molecular weight is 340 g/mol. The number of nitrogens with zero attached hydrogens (tertiary/aromatic N) is 1. The van der Waals surface area contributed by atoms with Gasteiger partial charge in [0.2, 0.25) is 0 Å². The van der Waals surface area contributed by atoms with Crippen LogP contribution in [0, 0.1) is 0 Å². The van der Waals surface area contributed by atoms with E-state index in [0.717, 1.165) is 30.9 Å². The second-order valence-electron chi connectivity index (χ2n) is 3.87. The molecule has 90 valence electrons. The zero-order valence-electron chi connectivity index (χ0n) is 9.15. The molecule has 0 saturated heterocycles. The molecule has 0 saturated carbocycles. The van der Waals surface area contributed by atoms with Crippen molar-refractivity contribution in [2.24, 2.45) is 0 Å². The van der Waals surface area contributed by atoms with Crippen LogP contribution in [0.2, 0.25) is 5.02 Å². The molecule has 0 bridgehead atoms. The molecule has 0 aliphatic rings. The highest BCUT2D eigenvalue weighted by Gasteiger charge is 2.10. The molecule has 5 heteroatoms. The fraction of sp³-hybridized carbons (Fsp3) is 0. The number of rotatable bonds is 1. The van der Waals surface area contributed by atoms with E-state index in [-0.39, 0.29) is 0 Å². The Morgan fingerprint density at radius 1 is 1.17 bits per heavy atom. The van der Waals surface area contributed by atoms with Gasteiger partial charge < -0.3 is 5.73 Å². The lowest BCUT2D eigenvalue weighted by Gasteiger charge is -2.00. The molecule has 1 heterocycles. The summed E-state index contributed by atoms with van der Waals surface area (Å²) in [6, 6.07) is 11.4. The molecule has 0 unspecified atom stereocenters. The number of fused-ring (bicyclic) bond motifs is 1. The largest absolute Gasteiger partial charge is 0.399 e. The molecule has 18 heavy (non-hydrogen) atoms. The summed E-state index contributed by atoms with van der Waals surface area (Å²) in [5.41, 5.74) is 8.48. The van der Waals surface area contributed by atoms with Gasteiger partial charge in [0.15, 0.2) is 0 Å². The van der Waals surface area contributed by atoms with Gasteiger partial charge in [-0.05, 0) is 36.4 Å². The first-order chi connectivity index (χ1) is 8.63. The Labute approximate surface area is 122 Å². The summed E-state index contributed by atoms with van der Waals surface area (Å²) in [5.74, 6) is 0. The van der Waals surface area contributed by atoms with Gasteiger partial charge in [0.05, 0.1) is 10.2 Å². The van der Waals surface area contributed by atoms with E-state index in [1.165, 1.54) is 0 Å². The number of hydrogen-bond donors (Lipinski definition) is 1. The minimum atomic E-state index is 0.701. The molecular formula is C13H8BrClN2S. The standard InChI is InChI=1S/C13H8BrClN2S/c14-10-3-1-7(15)5-9(10)13-17-11-4-2-8(16)6-12(11)18-13/h1-6H,16H2. The first-order valence-corrected chi connectivity index (χ1v) is 7.24. The fourth-order valence-corrected chi connectivity index (χ4v) is 3.50. The number of nitrogens with two attached hydrogens (primary N) is 1. The van der Waals surface area contributed by atoms with E-state index < -0.39 is 0 Å². The lowest BCUT2D eigenvalue weighted by molar-refractivity contribution is 1.46. The van der Waals surface area contributed by atoms with Crippen molar-refractivity contribution in [2.45, 2.75) is 0 Å². The van der Waals surface area contributed by atoms with Gasteiger partial charge in [0.25, 0.3) is 0 Å². The lowest BCUT2D eigenvalue weighted by Crippen LogP contribution is -1.81. The van der Waals surface area contributed by atoms with Crippen LogP contribution in [0.3, 0.4) is 0 Å². The van der Waals surface area contributed by atoms with Crippen LogP contribution < -0.4 is 5.73 Å². The summed E-state index contributed by atoms with van der Waals surface area (Å²) in [6.07, 6.45) is 0. The highest BCUT2D eigenvalue weighted by Crippen LogP contribution is 2.36. The average Bonchev–Trinajstić information content (AvgIpc) is 2.74. The summed E-state index contributed by atoms with van der Waals surface area (Å²) in [4.78, 5) is 4.60. The third-order valence-corrected chi connectivity index (χ3v) is 4.55. The van der Waals surface area contributed by atoms with E-state index in [1.54, 1.807) is 11.3 Å². The maximum atomic E-state index is 6.03. The van der Waals surface area contributed by atoms with Crippen molar-refractivity contribution in [3.05, 3.63) is 45.9 Å². The van der Waals surface area contributed by atoms with Gasteiger partial charge in [-0.15, -0.1) is 11.3 Å². The minimum absolute atomic E-state index is 0.701. The van der Waals surface area contributed by atoms with Gasteiger partial charge >= 0.3 is 0 Å². The predicted octanol–water partition coefficient (Wildman–Crippen LogP) is 4.96. The molecule has 0 aliphatic heterocycles. The molecule has 3 rings (SSSR count). The van der Waals surface area contributed by atoms with Gasteiger partial charge in [-0.1, -0.05) is 27.5 Å². The van der Waals surface area contributed by atoms with E-state index in [0.29, 0.717) is 5.02 Å². The Hall–Kier alpha value is -1.10. The number of nitrogen functional groups attached to an aromatic ring is 1. The van der Waals surface area contributed by atoms with Crippen molar-refractivity contribution < 1.29 is 0 Å². The Kier molecular flexibility index (Phi) is 3.01. The second-order valence-corrected chi connectivity index (χ2v) is 6.19. The van der Waals surface area contributed by atoms with Crippen LogP contribution >= 0.6 is 38.9 Å². The molecule has 1 aromatic heterocycles. The normalized spacial score (nSPS) is 11.0. The summed E-state index contributed by atoms with van der Waals surface area (Å²) >= 11 is 11.2. The summed E-state index contributed by atoms with van der Waals surface area (Å²) < 4.78 is 2.07. The summed E-state index contributed by atoms with van der Waals surface area (Å²) in [5, 5.41) is 1.64. The number of halogens is 2. The minimum Gasteiger partial charge on any atom is -0.399 e. The fourth-order valence-electron chi connectivity index (χ4n) is 1.72. The van der Waals surface area contributed by atoms with Crippen molar-refractivity contribution in [3.8, 4) is 10.6 Å². The van der Waals surface area contributed by atoms with Crippen LogP contribution in [-0.2, 0) is 0 Å². The smallest absolute Gasteiger partial charge is 0.125 e.